The minimum atomic E-state index is -1.71. The van der Waals surface area contributed by atoms with Gasteiger partial charge in [0.1, 0.15) is 6.10 Å². The first-order chi connectivity index (χ1) is 7.72. The van der Waals surface area contributed by atoms with Crippen molar-refractivity contribution in [3.05, 3.63) is 0 Å². The number of ether oxygens (including phenoxy) is 2. The molecule has 2 heterocycles. The molecule has 0 aromatic carbocycles. The van der Waals surface area contributed by atoms with Crippen molar-refractivity contribution in [3.8, 4) is 0 Å². The molecule has 0 bridgehead atoms. The summed E-state index contributed by atoms with van der Waals surface area (Å²) in [5.74, 6) is 0.507. The van der Waals surface area contributed by atoms with Crippen molar-refractivity contribution in [2.24, 2.45) is 5.92 Å². The summed E-state index contributed by atoms with van der Waals surface area (Å²) in [6, 6.07) is 0. The molecule has 0 aliphatic carbocycles. The highest BCUT2D eigenvalue weighted by molar-refractivity contribution is 6.74. The standard InChI is InChI=1S/C13H26O3Si/c1-9-7-14-12-10(8-15-11(9)12)16-17(5,6)13(2,3)4/h9-12H,7-8H2,1-6H3/t9-,10+,11+,12-/m0/s1. The van der Waals surface area contributed by atoms with Gasteiger partial charge in [0, 0.05) is 5.92 Å². The van der Waals surface area contributed by atoms with Gasteiger partial charge in [-0.05, 0) is 18.1 Å². The molecule has 100 valence electrons. The highest BCUT2D eigenvalue weighted by atomic mass is 28.4. The first-order valence-electron chi connectivity index (χ1n) is 6.63. The van der Waals surface area contributed by atoms with Crippen molar-refractivity contribution >= 4 is 8.32 Å². The second kappa shape index (κ2) is 4.33. The van der Waals surface area contributed by atoms with Gasteiger partial charge in [0.25, 0.3) is 0 Å². The van der Waals surface area contributed by atoms with Gasteiger partial charge in [-0.3, -0.25) is 0 Å². The molecule has 2 saturated heterocycles. The Labute approximate surface area is 106 Å². The van der Waals surface area contributed by atoms with Gasteiger partial charge in [-0.25, -0.2) is 0 Å². The van der Waals surface area contributed by atoms with Crippen molar-refractivity contribution in [2.75, 3.05) is 13.2 Å². The third-order valence-corrected chi connectivity index (χ3v) is 9.01. The van der Waals surface area contributed by atoms with E-state index in [1.807, 2.05) is 0 Å². The van der Waals surface area contributed by atoms with Crippen LogP contribution in [0.15, 0.2) is 0 Å². The maximum atomic E-state index is 6.41. The summed E-state index contributed by atoms with van der Waals surface area (Å²) in [6.07, 6.45) is 0.565. The maximum absolute atomic E-state index is 6.41. The predicted octanol–water partition coefficient (Wildman–Crippen LogP) is 2.81. The fraction of sp³-hybridized carbons (Fsp3) is 1.00. The Morgan fingerprint density at radius 1 is 1.06 bits per heavy atom. The van der Waals surface area contributed by atoms with E-state index in [1.165, 1.54) is 0 Å². The van der Waals surface area contributed by atoms with Gasteiger partial charge in [-0.2, -0.15) is 0 Å². The minimum absolute atomic E-state index is 0.144. The summed E-state index contributed by atoms with van der Waals surface area (Å²) in [5.41, 5.74) is 0. The molecular weight excluding hydrogens is 232 g/mol. The Morgan fingerprint density at radius 3 is 2.24 bits per heavy atom. The van der Waals surface area contributed by atoms with Crippen LogP contribution in [-0.4, -0.2) is 39.8 Å². The van der Waals surface area contributed by atoms with E-state index in [-0.39, 0.29) is 23.4 Å². The van der Waals surface area contributed by atoms with Crippen LogP contribution in [0.4, 0.5) is 0 Å². The normalized spacial score (nSPS) is 38.5. The first kappa shape index (κ1) is 13.5. The smallest absolute Gasteiger partial charge is 0.192 e. The number of fused-ring (bicyclic) bond motifs is 1. The molecule has 0 N–H and O–H groups in total. The summed E-state index contributed by atoms with van der Waals surface area (Å²) >= 11 is 0. The van der Waals surface area contributed by atoms with Crippen molar-refractivity contribution in [2.45, 2.75) is 64.1 Å². The van der Waals surface area contributed by atoms with Crippen LogP contribution in [-0.2, 0) is 13.9 Å². The Hall–Kier alpha value is 0.0969. The first-order valence-corrected chi connectivity index (χ1v) is 9.54. The molecule has 0 radical (unpaired) electrons. The molecule has 0 aromatic heterocycles. The van der Waals surface area contributed by atoms with Gasteiger partial charge < -0.3 is 13.9 Å². The van der Waals surface area contributed by atoms with Crippen LogP contribution in [0.25, 0.3) is 0 Å². The molecule has 2 rings (SSSR count). The Balaban J connectivity index is 2.02. The van der Waals surface area contributed by atoms with Gasteiger partial charge in [-0.1, -0.05) is 27.7 Å². The van der Waals surface area contributed by atoms with Gasteiger partial charge in [0.2, 0.25) is 0 Å². The Morgan fingerprint density at radius 2 is 1.65 bits per heavy atom. The summed E-state index contributed by atoms with van der Waals surface area (Å²) in [6.45, 7) is 15.1. The highest BCUT2D eigenvalue weighted by Crippen LogP contribution is 2.40. The lowest BCUT2D eigenvalue weighted by molar-refractivity contribution is 0.0234. The van der Waals surface area contributed by atoms with E-state index in [2.05, 4.69) is 40.8 Å². The molecule has 0 unspecified atom stereocenters. The molecule has 0 amide bonds. The average molecular weight is 258 g/mol. The molecule has 0 saturated carbocycles. The van der Waals surface area contributed by atoms with E-state index in [4.69, 9.17) is 13.9 Å². The van der Waals surface area contributed by atoms with Gasteiger partial charge in [0.05, 0.1) is 25.4 Å². The molecule has 4 atom stereocenters. The molecule has 0 spiro atoms. The zero-order chi connectivity index (χ0) is 12.8. The SMILES string of the molecule is C[C@H]1CO[C@@H]2[C@@H]1OC[C@H]2O[Si](C)(C)C(C)(C)C. The van der Waals surface area contributed by atoms with Gasteiger partial charge in [-0.15, -0.1) is 0 Å². The second-order valence-electron chi connectivity index (χ2n) is 6.99. The van der Waals surface area contributed by atoms with Crippen molar-refractivity contribution < 1.29 is 13.9 Å². The second-order valence-corrected chi connectivity index (χ2v) is 11.7. The van der Waals surface area contributed by atoms with Crippen LogP contribution in [0.5, 0.6) is 0 Å². The fourth-order valence-electron chi connectivity index (χ4n) is 2.31. The van der Waals surface area contributed by atoms with Crippen LogP contribution < -0.4 is 0 Å². The highest BCUT2D eigenvalue weighted by Gasteiger charge is 2.49. The largest absolute Gasteiger partial charge is 0.409 e. The molecule has 2 aliphatic rings. The minimum Gasteiger partial charge on any atom is -0.409 e. The van der Waals surface area contributed by atoms with Crippen molar-refractivity contribution in [1.29, 1.82) is 0 Å². The molecule has 3 nitrogen and oxygen atoms in total. The number of hydrogen-bond acceptors (Lipinski definition) is 3. The molecule has 2 aliphatic heterocycles. The number of hydrogen-bond donors (Lipinski definition) is 0. The maximum Gasteiger partial charge on any atom is 0.192 e. The summed E-state index contributed by atoms with van der Waals surface area (Å²) in [5, 5.41) is 0.245. The van der Waals surface area contributed by atoms with E-state index in [0.29, 0.717) is 12.5 Å². The van der Waals surface area contributed by atoms with E-state index in [1.54, 1.807) is 0 Å². The zero-order valence-corrected chi connectivity index (χ0v) is 12.9. The quantitative estimate of drug-likeness (QED) is 0.713. The lowest BCUT2D eigenvalue weighted by Crippen LogP contribution is -2.47. The van der Waals surface area contributed by atoms with Crippen LogP contribution in [0, 0.1) is 5.92 Å². The third-order valence-electron chi connectivity index (χ3n) is 4.51. The zero-order valence-electron chi connectivity index (χ0n) is 11.9. The van der Waals surface area contributed by atoms with E-state index < -0.39 is 8.32 Å². The Kier molecular flexibility index (Phi) is 3.45. The average Bonchev–Trinajstić information content (AvgIpc) is 2.70. The molecule has 0 aromatic rings. The molecule has 2 fully saturated rings. The van der Waals surface area contributed by atoms with Crippen LogP contribution >= 0.6 is 0 Å². The third kappa shape index (κ3) is 2.45. The lowest BCUT2D eigenvalue weighted by atomic mass is 10.0. The topological polar surface area (TPSA) is 27.7 Å². The van der Waals surface area contributed by atoms with E-state index >= 15 is 0 Å². The Bertz CT molecular complexity index is 285. The van der Waals surface area contributed by atoms with Crippen molar-refractivity contribution in [1.82, 2.24) is 0 Å². The summed E-state index contributed by atoms with van der Waals surface area (Å²) < 4.78 is 18.1. The van der Waals surface area contributed by atoms with Crippen molar-refractivity contribution in [3.63, 3.8) is 0 Å². The summed E-state index contributed by atoms with van der Waals surface area (Å²) in [7, 11) is -1.71. The van der Waals surface area contributed by atoms with Gasteiger partial charge in [0.15, 0.2) is 8.32 Å². The summed E-state index contributed by atoms with van der Waals surface area (Å²) in [4.78, 5) is 0. The van der Waals surface area contributed by atoms with Crippen LogP contribution in [0.3, 0.4) is 0 Å². The fourth-order valence-corrected chi connectivity index (χ4v) is 3.62. The predicted molar refractivity (Wildman–Crippen MR) is 70.7 cm³/mol. The lowest BCUT2D eigenvalue weighted by Gasteiger charge is -2.39. The van der Waals surface area contributed by atoms with Crippen LogP contribution in [0.2, 0.25) is 18.1 Å². The van der Waals surface area contributed by atoms with Crippen LogP contribution in [0.1, 0.15) is 27.7 Å². The molecule has 17 heavy (non-hydrogen) atoms. The van der Waals surface area contributed by atoms with E-state index in [0.717, 1.165) is 6.61 Å². The molecular formula is C13H26O3Si. The van der Waals surface area contributed by atoms with E-state index in [9.17, 15) is 0 Å². The monoisotopic (exact) mass is 258 g/mol. The number of rotatable bonds is 2. The molecule has 4 heteroatoms. The van der Waals surface area contributed by atoms with Gasteiger partial charge >= 0.3 is 0 Å².